The van der Waals surface area contributed by atoms with Crippen molar-refractivity contribution in [2.75, 3.05) is 5.32 Å². The molecule has 1 N–H and O–H groups in total. The lowest BCUT2D eigenvalue weighted by molar-refractivity contribution is 0.155. The van der Waals surface area contributed by atoms with Crippen LogP contribution >= 0.6 is 0 Å². The maximum Gasteiger partial charge on any atom is 0.411 e. The molecule has 0 atom stereocenters. The number of anilines is 1. The first-order valence-corrected chi connectivity index (χ1v) is 6.76. The van der Waals surface area contributed by atoms with Crippen molar-refractivity contribution in [3.05, 3.63) is 65.2 Å². The van der Waals surface area contributed by atoms with Crippen molar-refractivity contribution in [1.82, 2.24) is 0 Å². The van der Waals surface area contributed by atoms with Crippen LogP contribution in [0.4, 0.5) is 10.5 Å². The van der Waals surface area contributed by atoms with E-state index in [1.165, 1.54) is 11.1 Å². The molecule has 0 saturated carbocycles. The molecule has 3 heteroatoms. The number of ether oxygens (including phenoxy) is 1. The van der Waals surface area contributed by atoms with Crippen molar-refractivity contribution in [2.45, 2.75) is 26.9 Å². The van der Waals surface area contributed by atoms with Crippen LogP contribution in [0.25, 0.3) is 0 Å². The Kier molecular flexibility index (Phi) is 4.77. The van der Waals surface area contributed by atoms with E-state index in [9.17, 15) is 4.79 Å². The summed E-state index contributed by atoms with van der Waals surface area (Å²) in [7, 11) is 0. The van der Waals surface area contributed by atoms with Gasteiger partial charge in [-0.1, -0.05) is 43.3 Å². The number of hydrogen-bond acceptors (Lipinski definition) is 2. The Balaban J connectivity index is 1.91. The standard InChI is InChI=1S/C17H19NO2/c1-3-15-11-16(10-9-13(15)2)18-17(19)20-12-14-7-5-4-6-8-14/h4-11H,3,12H2,1-2H3,(H,18,19). The first-order chi connectivity index (χ1) is 9.69. The number of carbonyl (C=O) groups excluding carboxylic acids is 1. The second-order valence-electron chi connectivity index (χ2n) is 4.68. The number of benzene rings is 2. The second-order valence-corrected chi connectivity index (χ2v) is 4.68. The van der Waals surface area contributed by atoms with E-state index in [2.05, 4.69) is 19.2 Å². The molecule has 0 saturated heterocycles. The zero-order valence-corrected chi connectivity index (χ0v) is 11.8. The molecule has 20 heavy (non-hydrogen) atoms. The average molecular weight is 269 g/mol. The van der Waals surface area contributed by atoms with Crippen molar-refractivity contribution in [3.63, 3.8) is 0 Å². The highest BCUT2D eigenvalue weighted by Crippen LogP contribution is 2.16. The molecule has 0 heterocycles. The third-order valence-electron chi connectivity index (χ3n) is 3.19. The average Bonchev–Trinajstić information content (AvgIpc) is 2.48. The van der Waals surface area contributed by atoms with E-state index in [1.54, 1.807) is 0 Å². The van der Waals surface area contributed by atoms with Crippen LogP contribution < -0.4 is 5.32 Å². The number of aryl methyl sites for hydroxylation is 2. The molecule has 0 aliphatic heterocycles. The van der Waals surface area contributed by atoms with E-state index >= 15 is 0 Å². The van der Waals surface area contributed by atoms with Gasteiger partial charge in [-0.25, -0.2) is 4.79 Å². The van der Waals surface area contributed by atoms with Gasteiger partial charge in [-0.15, -0.1) is 0 Å². The molecule has 0 radical (unpaired) electrons. The minimum atomic E-state index is -0.431. The fourth-order valence-corrected chi connectivity index (χ4v) is 2.01. The highest BCUT2D eigenvalue weighted by Gasteiger charge is 2.05. The van der Waals surface area contributed by atoms with Gasteiger partial charge in [0.1, 0.15) is 6.61 Å². The summed E-state index contributed by atoms with van der Waals surface area (Å²) in [6.45, 7) is 4.44. The summed E-state index contributed by atoms with van der Waals surface area (Å²) in [5, 5.41) is 2.75. The van der Waals surface area contributed by atoms with E-state index < -0.39 is 6.09 Å². The van der Waals surface area contributed by atoms with E-state index in [0.29, 0.717) is 0 Å². The zero-order valence-electron chi connectivity index (χ0n) is 11.8. The predicted molar refractivity (Wildman–Crippen MR) is 80.8 cm³/mol. The monoisotopic (exact) mass is 269 g/mol. The minimum absolute atomic E-state index is 0.277. The zero-order chi connectivity index (χ0) is 14.4. The van der Waals surface area contributed by atoms with Crippen molar-refractivity contribution in [3.8, 4) is 0 Å². The molecule has 2 aromatic carbocycles. The second kappa shape index (κ2) is 6.75. The lowest BCUT2D eigenvalue weighted by atomic mass is 10.1. The third kappa shape index (κ3) is 3.85. The molecule has 104 valence electrons. The van der Waals surface area contributed by atoms with Gasteiger partial charge < -0.3 is 4.74 Å². The third-order valence-corrected chi connectivity index (χ3v) is 3.19. The van der Waals surface area contributed by atoms with Crippen molar-refractivity contribution in [1.29, 1.82) is 0 Å². The van der Waals surface area contributed by atoms with Crippen LogP contribution in [-0.4, -0.2) is 6.09 Å². The van der Waals surface area contributed by atoms with Gasteiger partial charge in [-0.05, 0) is 42.2 Å². The minimum Gasteiger partial charge on any atom is -0.444 e. The van der Waals surface area contributed by atoms with Gasteiger partial charge in [0, 0.05) is 5.69 Å². The van der Waals surface area contributed by atoms with E-state index in [-0.39, 0.29) is 6.61 Å². The summed E-state index contributed by atoms with van der Waals surface area (Å²) in [6, 6.07) is 15.5. The van der Waals surface area contributed by atoms with Gasteiger partial charge in [0.15, 0.2) is 0 Å². The largest absolute Gasteiger partial charge is 0.444 e. The Hall–Kier alpha value is -2.29. The fraction of sp³-hybridized carbons (Fsp3) is 0.235. The van der Waals surface area contributed by atoms with Gasteiger partial charge in [0.05, 0.1) is 0 Å². The molecule has 3 nitrogen and oxygen atoms in total. The quantitative estimate of drug-likeness (QED) is 0.898. The van der Waals surface area contributed by atoms with Crippen LogP contribution in [0, 0.1) is 6.92 Å². The summed E-state index contributed by atoms with van der Waals surface area (Å²) in [6.07, 6.45) is 0.514. The molecule has 0 spiro atoms. The molecule has 0 bridgehead atoms. The van der Waals surface area contributed by atoms with Crippen LogP contribution in [0.1, 0.15) is 23.6 Å². The lowest BCUT2D eigenvalue weighted by Crippen LogP contribution is -2.13. The van der Waals surface area contributed by atoms with Gasteiger partial charge in [-0.3, -0.25) is 5.32 Å². The van der Waals surface area contributed by atoms with Crippen LogP contribution in [0.5, 0.6) is 0 Å². The Bertz CT molecular complexity index is 579. The van der Waals surface area contributed by atoms with Gasteiger partial charge in [-0.2, -0.15) is 0 Å². The number of rotatable bonds is 4. The van der Waals surface area contributed by atoms with Gasteiger partial charge in [0.2, 0.25) is 0 Å². The number of carbonyl (C=O) groups is 1. The molecule has 2 aromatic rings. The first kappa shape index (κ1) is 14.1. The predicted octanol–water partition coefficient (Wildman–Crippen LogP) is 4.31. The highest BCUT2D eigenvalue weighted by atomic mass is 16.5. The summed E-state index contributed by atoms with van der Waals surface area (Å²) >= 11 is 0. The number of hydrogen-bond donors (Lipinski definition) is 1. The van der Waals surface area contributed by atoms with Gasteiger partial charge >= 0.3 is 6.09 Å². The van der Waals surface area contributed by atoms with Crippen LogP contribution in [-0.2, 0) is 17.8 Å². The van der Waals surface area contributed by atoms with Crippen molar-refractivity contribution in [2.24, 2.45) is 0 Å². The molecule has 1 amide bonds. The Labute approximate surface area is 119 Å². The molecule has 0 aromatic heterocycles. The van der Waals surface area contributed by atoms with Crippen LogP contribution in [0.15, 0.2) is 48.5 Å². The van der Waals surface area contributed by atoms with Crippen molar-refractivity contribution >= 4 is 11.8 Å². The molecular weight excluding hydrogens is 250 g/mol. The maximum absolute atomic E-state index is 11.7. The van der Waals surface area contributed by atoms with E-state index in [4.69, 9.17) is 4.74 Å². The molecular formula is C17H19NO2. The van der Waals surface area contributed by atoms with Gasteiger partial charge in [0.25, 0.3) is 0 Å². The summed E-state index contributed by atoms with van der Waals surface area (Å²) in [5.74, 6) is 0. The van der Waals surface area contributed by atoms with Crippen LogP contribution in [0.3, 0.4) is 0 Å². The number of nitrogens with one attached hydrogen (secondary N) is 1. The highest BCUT2D eigenvalue weighted by molar-refractivity contribution is 5.84. The first-order valence-electron chi connectivity index (χ1n) is 6.76. The van der Waals surface area contributed by atoms with Crippen LogP contribution in [0.2, 0.25) is 0 Å². The van der Waals surface area contributed by atoms with E-state index in [0.717, 1.165) is 17.7 Å². The lowest BCUT2D eigenvalue weighted by Gasteiger charge is -2.09. The molecule has 2 rings (SSSR count). The number of amides is 1. The Morgan fingerprint density at radius 2 is 1.90 bits per heavy atom. The fourth-order valence-electron chi connectivity index (χ4n) is 2.01. The Morgan fingerprint density at radius 3 is 2.60 bits per heavy atom. The molecule has 0 fully saturated rings. The smallest absolute Gasteiger partial charge is 0.411 e. The molecule has 0 aliphatic carbocycles. The normalized spacial score (nSPS) is 10.1. The Morgan fingerprint density at radius 1 is 1.15 bits per heavy atom. The maximum atomic E-state index is 11.7. The van der Waals surface area contributed by atoms with Crippen molar-refractivity contribution < 1.29 is 9.53 Å². The molecule has 0 unspecified atom stereocenters. The summed E-state index contributed by atoms with van der Waals surface area (Å²) in [4.78, 5) is 11.7. The van der Waals surface area contributed by atoms with E-state index in [1.807, 2.05) is 48.5 Å². The summed E-state index contributed by atoms with van der Waals surface area (Å²) in [5.41, 5.74) is 4.20. The molecule has 0 aliphatic rings. The topological polar surface area (TPSA) is 38.3 Å². The SMILES string of the molecule is CCc1cc(NC(=O)OCc2ccccc2)ccc1C. The summed E-state index contributed by atoms with van der Waals surface area (Å²) < 4.78 is 5.19.